The van der Waals surface area contributed by atoms with Crippen molar-refractivity contribution in [3.05, 3.63) is 40.3 Å². The third-order valence-corrected chi connectivity index (χ3v) is 3.08. The quantitative estimate of drug-likeness (QED) is 0.879. The Morgan fingerprint density at radius 2 is 2.50 bits per heavy atom. The van der Waals surface area contributed by atoms with Gasteiger partial charge in [-0.25, -0.2) is 0 Å². The summed E-state index contributed by atoms with van der Waals surface area (Å²) in [7, 11) is 0. The van der Waals surface area contributed by atoms with Crippen LogP contribution in [0.3, 0.4) is 0 Å². The highest BCUT2D eigenvalue weighted by atomic mass is 32.1. The van der Waals surface area contributed by atoms with E-state index in [0.717, 1.165) is 17.0 Å². The summed E-state index contributed by atoms with van der Waals surface area (Å²) in [6.45, 7) is 3.40. The topological polar surface area (TPSA) is 46.9 Å². The van der Waals surface area contributed by atoms with Crippen LogP contribution in [0.15, 0.2) is 29.9 Å². The number of hydrogen-bond acceptors (Lipinski definition) is 3. The second-order valence-corrected chi connectivity index (χ2v) is 4.31. The van der Waals surface area contributed by atoms with Crippen LogP contribution in [-0.2, 0) is 13.1 Å². The summed E-state index contributed by atoms with van der Waals surface area (Å²) in [5, 5.41) is 8.89. The second kappa shape index (κ2) is 4.94. The number of nitrogens with zero attached hydrogens (tertiary/aromatic N) is 2. The normalized spacial score (nSPS) is 10.3. The maximum Gasteiger partial charge on any atom is 0.261 e. The molecule has 4 nitrogen and oxygen atoms in total. The van der Waals surface area contributed by atoms with Crippen LogP contribution in [0.25, 0.3) is 0 Å². The van der Waals surface area contributed by atoms with Crippen LogP contribution >= 0.6 is 11.3 Å². The second-order valence-electron chi connectivity index (χ2n) is 3.36. The lowest BCUT2D eigenvalue weighted by Crippen LogP contribution is -2.21. The standard InChI is InChI=1S/C11H13N3OS/c1-2-14-8-9(7-13-14)6-12-11(15)10-4-3-5-16-10/h3-5,7-8H,2,6H2,1H3,(H,12,15). The molecule has 1 N–H and O–H groups in total. The first kappa shape index (κ1) is 10.9. The Morgan fingerprint density at radius 3 is 3.12 bits per heavy atom. The van der Waals surface area contributed by atoms with Gasteiger partial charge in [-0.2, -0.15) is 5.10 Å². The molecule has 0 spiro atoms. The minimum Gasteiger partial charge on any atom is -0.347 e. The predicted molar refractivity (Wildman–Crippen MR) is 63.4 cm³/mol. The van der Waals surface area contributed by atoms with E-state index in [2.05, 4.69) is 10.4 Å². The van der Waals surface area contributed by atoms with Gasteiger partial charge in [-0.05, 0) is 18.4 Å². The fraction of sp³-hybridized carbons (Fsp3) is 0.273. The van der Waals surface area contributed by atoms with E-state index in [1.165, 1.54) is 11.3 Å². The summed E-state index contributed by atoms with van der Waals surface area (Å²) in [5.74, 6) is -0.0285. The highest BCUT2D eigenvalue weighted by Crippen LogP contribution is 2.08. The molecule has 2 rings (SSSR count). The van der Waals surface area contributed by atoms with Gasteiger partial charge in [0.05, 0.1) is 11.1 Å². The van der Waals surface area contributed by atoms with Gasteiger partial charge in [0.1, 0.15) is 0 Å². The van der Waals surface area contributed by atoms with Gasteiger partial charge < -0.3 is 5.32 Å². The Labute approximate surface area is 97.9 Å². The van der Waals surface area contributed by atoms with Crippen molar-refractivity contribution in [2.24, 2.45) is 0 Å². The van der Waals surface area contributed by atoms with E-state index in [4.69, 9.17) is 0 Å². The molecule has 0 unspecified atom stereocenters. The van der Waals surface area contributed by atoms with Gasteiger partial charge in [0.2, 0.25) is 0 Å². The van der Waals surface area contributed by atoms with Crippen molar-refractivity contribution < 1.29 is 4.79 Å². The van der Waals surface area contributed by atoms with Gasteiger partial charge in [-0.1, -0.05) is 6.07 Å². The van der Waals surface area contributed by atoms with Crippen molar-refractivity contribution in [3.8, 4) is 0 Å². The van der Waals surface area contributed by atoms with Crippen LogP contribution in [-0.4, -0.2) is 15.7 Å². The van der Waals surface area contributed by atoms with E-state index in [-0.39, 0.29) is 5.91 Å². The largest absolute Gasteiger partial charge is 0.347 e. The van der Waals surface area contributed by atoms with E-state index in [0.29, 0.717) is 6.54 Å². The van der Waals surface area contributed by atoms with Crippen molar-refractivity contribution in [3.63, 3.8) is 0 Å². The number of rotatable bonds is 4. The van der Waals surface area contributed by atoms with Crippen LogP contribution in [0, 0.1) is 0 Å². The number of hydrogen-bond donors (Lipinski definition) is 1. The first-order chi connectivity index (χ1) is 7.79. The maximum absolute atomic E-state index is 11.6. The number of aryl methyl sites for hydroxylation is 1. The lowest BCUT2D eigenvalue weighted by atomic mass is 10.3. The van der Waals surface area contributed by atoms with Gasteiger partial charge in [0.25, 0.3) is 5.91 Å². The van der Waals surface area contributed by atoms with Gasteiger partial charge >= 0.3 is 0 Å². The summed E-state index contributed by atoms with van der Waals surface area (Å²) in [6, 6.07) is 3.68. The van der Waals surface area contributed by atoms with Crippen molar-refractivity contribution in [1.82, 2.24) is 15.1 Å². The molecule has 84 valence electrons. The molecule has 16 heavy (non-hydrogen) atoms. The number of nitrogens with one attached hydrogen (secondary N) is 1. The molecule has 0 aromatic carbocycles. The third kappa shape index (κ3) is 2.49. The van der Waals surface area contributed by atoms with E-state index < -0.39 is 0 Å². The first-order valence-electron chi connectivity index (χ1n) is 5.12. The molecular formula is C11H13N3OS. The zero-order valence-corrected chi connectivity index (χ0v) is 9.83. The van der Waals surface area contributed by atoms with Crippen LogP contribution in [0.4, 0.5) is 0 Å². The van der Waals surface area contributed by atoms with Crippen LogP contribution in [0.1, 0.15) is 22.2 Å². The van der Waals surface area contributed by atoms with Crippen molar-refractivity contribution in [2.45, 2.75) is 20.0 Å². The molecule has 0 aliphatic carbocycles. The molecule has 0 aliphatic rings. The summed E-state index contributed by atoms with van der Waals surface area (Å²) in [6.07, 6.45) is 3.72. The zero-order valence-electron chi connectivity index (χ0n) is 9.01. The number of amides is 1. The molecular weight excluding hydrogens is 222 g/mol. The molecule has 1 amide bonds. The summed E-state index contributed by atoms with van der Waals surface area (Å²) >= 11 is 1.44. The monoisotopic (exact) mass is 235 g/mol. The molecule has 0 fully saturated rings. The maximum atomic E-state index is 11.6. The Morgan fingerprint density at radius 1 is 1.62 bits per heavy atom. The smallest absolute Gasteiger partial charge is 0.261 e. The summed E-state index contributed by atoms with van der Waals surface area (Å²) in [4.78, 5) is 12.4. The molecule has 2 aromatic heterocycles. The minimum absolute atomic E-state index is 0.0285. The first-order valence-corrected chi connectivity index (χ1v) is 6.00. The fourth-order valence-electron chi connectivity index (χ4n) is 1.35. The van der Waals surface area contributed by atoms with E-state index >= 15 is 0 Å². The van der Waals surface area contributed by atoms with Crippen LogP contribution < -0.4 is 5.32 Å². The van der Waals surface area contributed by atoms with Crippen molar-refractivity contribution >= 4 is 17.2 Å². The lowest BCUT2D eigenvalue weighted by molar-refractivity contribution is 0.0955. The Bertz CT molecular complexity index is 461. The van der Waals surface area contributed by atoms with Crippen molar-refractivity contribution in [2.75, 3.05) is 0 Å². The van der Waals surface area contributed by atoms with Crippen LogP contribution in [0.2, 0.25) is 0 Å². The zero-order chi connectivity index (χ0) is 11.4. The average molecular weight is 235 g/mol. The molecule has 0 radical (unpaired) electrons. The molecule has 5 heteroatoms. The van der Waals surface area contributed by atoms with Crippen molar-refractivity contribution in [1.29, 1.82) is 0 Å². The van der Waals surface area contributed by atoms with E-state index in [1.807, 2.05) is 35.3 Å². The molecule has 0 saturated carbocycles. The fourth-order valence-corrected chi connectivity index (χ4v) is 1.99. The third-order valence-electron chi connectivity index (χ3n) is 2.21. The predicted octanol–water partition coefficient (Wildman–Crippen LogP) is 1.89. The molecule has 0 aliphatic heterocycles. The van der Waals surface area contributed by atoms with Gasteiger partial charge in [-0.3, -0.25) is 9.48 Å². The highest BCUT2D eigenvalue weighted by Gasteiger charge is 2.06. The Kier molecular flexibility index (Phi) is 3.36. The van der Waals surface area contributed by atoms with E-state index in [1.54, 1.807) is 6.20 Å². The SMILES string of the molecule is CCn1cc(CNC(=O)c2cccs2)cn1. The van der Waals surface area contributed by atoms with Gasteiger partial charge in [-0.15, -0.1) is 11.3 Å². The van der Waals surface area contributed by atoms with Gasteiger partial charge in [0.15, 0.2) is 0 Å². The molecule has 0 saturated heterocycles. The number of carbonyl (C=O) groups excluding carboxylic acids is 1. The van der Waals surface area contributed by atoms with E-state index in [9.17, 15) is 4.79 Å². The summed E-state index contributed by atoms with van der Waals surface area (Å²) in [5.41, 5.74) is 1.02. The molecule has 0 atom stereocenters. The van der Waals surface area contributed by atoms with Gasteiger partial charge in [0, 0.05) is 24.8 Å². The van der Waals surface area contributed by atoms with Crippen LogP contribution in [0.5, 0.6) is 0 Å². The lowest BCUT2D eigenvalue weighted by Gasteiger charge is -2.00. The average Bonchev–Trinajstić information content (AvgIpc) is 2.96. The Hall–Kier alpha value is -1.62. The molecule has 2 aromatic rings. The minimum atomic E-state index is -0.0285. The number of thiophene rings is 1. The molecule has 0 bridgehead atoms. The molecule has 2 heterocycles. The summed E-state index contributed by atoms with van der Waals surface area (Å²) < 4.78 is 1.84. The highest BCUT2D eigenvalue weighted by molar-refractivity contribution is 7.12. The number of aromatic nitrogens is 2. The number of carbonyl (C=O) groups is 1. The Balaban J connectivity index is 1.90.